The molecule has 0 radical (unpaired) electrons. The van der Waals surface area contributed by atoms with Crippen LogP contribution in [0.4, 0.5) is 4.79 Å². The van der Waals surface area contributed by atoms with Crippen molar-refractivity contribution in [3.63, 3.8) is 0 Å². The summed E-state index contributed by atoms with van der Waals surface area (Å²) in [5, 5.41) is 18.4. The van der Waals surface area contributed by atoms with Gasteiger partial charge in [0.2, 0.25) is 5.91 Å². The molecule has 0 bridgehead atoms. The zero-order valence-electron chi connectivity index (χ0n) is 24.7. The number of ether oxygens (including phenoxy) is 2. The Kier molecular flexibility index (Phi) is 10.5. The van der Waals surface area contributed by atoms with Crippen LogP contribution in [-0.4, -0.2) is 64.5 Å². The first-order chi connectivity index (χ1) is 19.2. The molecule has 9 nitrogen and oxygen atoms in total. The topological polar surface area (TPSA) is 126 Å². The van der Waals surface area contributed by atoms with Gasteiger partial charge in [-0.05, 0) is 62.8 Å². The lowest BCUT2D eigenvalue weighted by Gasteiger charge is -2.29. The van der Waals surface area contributed by atoms with E-state index in [4.69, 9.17) is 21.7 Å². The van der Waals surface area contributed by atoms with E-state index in [-0.39, 0.29) is 23.4 Å². The minimum absolute atomic E-state index is 0.0691. The van der Waals surface area contributed by atoms with Crippen LogP contribution in [0.2, 0.25) is 0 Å². The van der Waals surface area contributed by atoms with Crippen LogP contribution in [0.1, 0.15) is 65.5 Å². The number of nitrogens with one attached hydrogen (secondary N) is 3. The molecular formula is C31H41N3O6S. The number of benzene rings is 2. The highest BCUT2D eigenvalue weighted by Crippen LogP contribution is 2.44. The fraction of sp³-hybridized carbons (Fsp3) is 0.484. The Bertz CT molecular complexity index is 1230. The Morgan fingerprint density at radius 1 is 0.878 bits per heavy atom. The van der Waals surface area contributed by atoms with Gasteiger partial charge in [0.15, 0.2) is 0 Å². The van der Waals surface area contributed by atoms with E-state index in [2.05, 4.69) is 16.0 Å². The van der Waals surface area contributed by atoms with Gasteiger partial charge in [0.25, 0.3) is 0 Å². The molecule has 4 N–H and O–H groups in total. The Hall–Kier alpha value is -3.50. The standard InChI is InChI=1S/C31H41N3O6S/c1-17(2)25(29(37)40-31(5,6)7)33-28(41)18(3)32-27(36)26(19(4)35)34-30(38)39-16-24-22-14-10-8-12-20(22)21-13-9-11-15-23(21)24/h8-15,17-19,24-26,35H,16H2,1-7H3,(H,32,36)(H,33,41)(H,34,38)/t18-,19+,25-,26-/m0/s1. The Balaban J connectivity index is 1.59. The second-order valence-electron chi connectivity index (χ2n) is 11.7. The zero-order chi connectivity index (χ0) is 30.5. The number of aliphatic hydroxyl groups is 1. The summed E-state index contributed by atoms with van der Waals surface area (Å²) in [6.45, 7) is 12.2. The van der Waals surface area contributed by atoms with Crippen molar-refractivity contribution >= 4 is 35.2 Å². The number of rotatable bonds is 10. The molecule has 0 heterocycles. The lowest BCUT2D eigenvalue weighted by molar-refractivity contribution is -0.158. The summed E-state index contributed by atoms with van der Waals surface area (Å²) in [4.78, 5) is 38.7. The van der Waals surface area contributed by atoms with E-state index in [0.29, 0.717) is 0 Å². The Labute approximate surface area is 247 Å². The van der Waals surface area contributed by atoms with Crippen LogP contribution in [0.3, 0.4) is 0 Å². The first-order valence-corrected chi connectivity index (χ1v) is 14.2. The molecule has 1 aliphatic rings. The van der Waals surface area contributed by atoms with Crippen molar-refractivity contribution in [2.24, 2.45) is 5.92 Å². The molecule has 41 heavy (non-hydrogen) atoms. The van der Waals surface area contributed by atoms with E-state index in [9.17, 15) is 19.5 Å². The highest BCUT2D eigenvalue weighted by atomic mass is 32.1. The maximum Gasteiger partial charge on any atom is 0.407 e. The zero-order valence-corrected chi connectivity index (χ0v) is 25.5. The summed E-state index contributed by atoms with van der Waals surface area (Å²) in [6, 6.07) is 13.2. The molecular weight excluding hydrogens is 542 g/mol. The average Bonchev–Trinajstić information content (AvgIpc) is 3.21. The van der Waals surface area contributed by atoms with Gasteiger partial charge in [-0.3, -0.25) is 4.79 Å². The number of esters is 1. The third-order valence-corrected chi connectivity index (χ3v) is 7.23. The number of fused-ring (bicyclic) bond motifs is 3. The van der Waals surface area contributed by atoms with Crippen molar-refractivity contribution in [2.45, 2.75) is 84.2 Å². The van der Waals surface area contributed by atoms with Crippen LogP contribution in [0.15, 0.2) is 48.5 Å². The van der Waals surface area contributed by atoms with Gasteiger partial charge in [-0.25, -0.2) is 9.59 Å². The van der Waals surface area contributed by atoms with Gasteiger partial charge in [0, 0.05) is 5.92 Å². The minimum atomic E-state index is -1.29. The maximum absolute atomic E-state index is 13.0. The summed E-state index contributed by atoms with van der Waals surface area (Å²) in [7, 11) is 0. The number of hydrogen-bond acceptors (Lipinski definition) is 7. The maximum atomic E-state index is 13.0. The number of aliphatic hydroxyl groups excluding tert-OH is 1. The lowest BCUT2D eigenvalue weighted by Crippen LogP contribution is -2.57. The average molecular weight is 584 g/mol. The molecule has 4 atom stereocenters. The van der Waals surface area contributed by atoms with E-state index >= 15 is 0 Å². The number of carbonyl (C=O) groups excluding carboxylic acids is 3. The number of alkyl carbamates (subject to hydrolysis) is 1. The summed E-state index contributed by atoms with van der Waals surface area (Å²) >= 11 is 5.45. The molecule has 0 unspecified atom stereocenters. The molecule has 0 fully saturated rings. The van der Waals surface area contributed by atoms with E-state index in [1.54, 1.807) is 27.7 Å². The summed E-state index contributed by atoms with van der Waals surface area (Å²) in [5.74, 6) is -1.38. The largest absolute Gasteiger partial charge is 0.458 e. The molecule has 2 aromatic rings. The molecule has 1 aliphatic carbocycles. The van der Waals surface area contributed by atoms with E-state index < -0.39 is 47.8 Å². The molecule has 0 saturated carbocycles. The molecule has 10 heteroatoms. The van der Waals surface area contributed by atoms with Gasteiger partial charge in [0.1, 0.15) is 24.3 Å². The van der Waals surface area contributed by atoms with E-state index in [1.807, 2.05) is 62.4 Å². The third-order valence-electron chi connectivity index (χ3n) is 6.76. The molecule has 0 aromatic heterocycles. The van der Waals surface area contributed by atoms with Crippen molar-refractivity contribution in [1.29, 1.82) is 0 Å². The van der Waals surface area contributed by atoms with Crippen LogP contribution in [0, 0.1) is 5.92 Å². The summed E-state index contributed by atoms with van der Waals surface area (Å²) in [5.41, 5.74) is 3.66. The molecule has 3 rings (SSSR count). The fourth-order valence-corrected chi connectivity index (χ4v) is 4.87. The van der Waals surface area contributed by atoms with Crippen molar-refractivity contribution in [2.75, 3.05) is 6.61 Å². The van der Waals surface area contributed by atoms with Crippen LogP contribution in [-0.2, 0) is 19.1 Å². The smallest absolute Gasteiger partial charge is 0.407 e. The molecule has 2 amide bonds. The van der Waals surface area contributed by atoms with Gasteiger partial charge >= 0.3 is 12.1 Å². The van der Waals surface area contributed by atoms with E-state index in [1.165, 1.54) is 6.92 Å². The number of carbonyl (C=O) groups is 3. The second kappa shape index (κ2) is 13.4. The van der Waals surface area contributed by atoms with Crippen LogP contribution in [0.25, 0.3) is 11.1 Å². The van der Waals surface area contributed by atoms with Gasteiger partial charge < -0.3 is 30.5 Å². The predicted octanol–water partition coefficient (Wildman–Crippen LogP) is 4.06. The molecule has 222 valence electrons. The monoisotopic (exact) mass is 583 g/mol. The number of hydrogen-bond donors (Lipinski definition) is 4. The third kappa shape index (κ3) is 8.27. The minimum Gasteiger partial charge on any atom is -0.458 e. The van der Waals surface area contributed by atoms with Crippen LogP contribution < -0.4 is 16.0 Å². The molecule has 0 aliphatic heterocycles. The van der Waals surface area contributed by atoms with Crippen molar-refractivity contribution in [1.82, 2.24) is 16.0 Å². The molecule has 0 saturated heterocycles. The van der Waals surface area contributed by atoms with Gasteiger partial charge in [-0.1, -0.05) is 74.6 Å². The normalized spacial score (nSPS) is 15.5. The SMILES string of the molecule is CC(C)[C@H](NC(=S)[C@H](C)NC(=O)[C@@H](NC(=O)OCC1c2ccccc2-c2ccccc21)[C@@H](C)O)C(=O)OC(C)(C)C. The Morgan fingerprint density at radius 3 is 1.90 bits per heavy atom. The first kappa shape index (κ1) is 32.0. The fourth-order valence-electron chi connectivity index (χ4n) is 4.68. The number of thiocarbonyl (C=S) groups is 1. The van der Waals surface area contributed by atoms with Gasteiger partial charge in [-0.2, -0.15) is 0 Å². The highest BCUT2D eigenvalue weighted by Gasteiger charge is 2.33. The van der Waals surface area contributed by atoms with Crippen LogP contribution >= 0.6 is 12.2 Å². The van der Waals surface area contributed by atoms with Crippen molar-refractivity contribution < 1.29 is 29.0 Å². The summed E-state index contributed by atoms with van der Waals surface area (Å²) < 4.78 is 11.0. The van der Waals surface area contributed by atoms with E-state index in [0.717, 1.165) is 22.3 Å². The second-order valence-corrected chi connectivity index (χ2v) is 12.1. The highest BCUT2D eigenvalue weighted by molar-refractivity contribution is 7.80. The lowest BCUT2D eigenvalue weighted by atomic mass is 9.98. The van der Waals surface area contributed by atoms with Crippen LogP contribution in [0.5, 0.6) is 0 Å². The van der Waals surface area contributed by atoms with Gasteiger partial charge in [-0.15, -0.1) is 0 Å². The summed E-state index contributed by atoms with van der Waals surface area (Å²) in [6.07, 6.45) is -2.04. The Morgan fingerprint density at radius 2 is 1.41 bits per heavy atom. The van der Waals surface area contributed by atoms with Crippen molar-refractivity contribution in [3.05, 3.63) is 59.7 Å². The van der Waals surface area contributed by atoms with Crippen molar-refractivity contribution in [3.8, 4) is 11.1 Å². The first-order valence-electron chi connectivity index (χ1n) is 13.8. The quantitative estimate of drug-likeness (QED) is 0.244. The predicted molar refractivity (Wildman–Crippen MR) is 161 cm³/mol. The van der Waals surface area contributed by atoms with Gasteiger partial charge in [0.05, 0.1) is 17.1 Å². The molecule has 2 aromatic carbocycles. The number of amides is 2. The molecule has 0 spiro atoms.